The molecule has 1 rings (SSSR count). The summed E-state index contributed by atoms with van der Waals surface area (Å²) in [5.74, 6) is 0.355. The number of hydrogen-bond acceptors (Lipinski definition) is 5. The van der Waals surface area contributed by atoms with E-state index >= 15 is 0 Å². The van der Waals surface area contributed by atoms with Crippen LogP contribution < -0.4 is 15.2 Å². The van der Waals surface area contributed by atoms with Gasteiger partial charge < -0.3 is 15.4 Å². The first-order valence-corrected chi connectivity index (χ1v) is 7.50. The van der Waals surface area contributed by atoms with Crippen LogP contribution in [0.3, 0.4) is 0 Å². The number of nitrogens with two attached hydrogens (primary N) is 1. The van der Waals surface area contributed by atoms with Crippen molar-refractivity contribution in [3.05, 3.63) is 18.2 Å². The summed E-state index contributed by atoms with van der Waals surface area (Å²) in [6.07, 6.45) is 0. The van der Waals surface area contributed by atoms with Crippen LogP contribution >= 0.6 is 0 Å². The highest BCUT2D eigenvalue weighted by atomic mass is 32.2. The first-order chi connectivity index (χ1) is 8.90. The highest BCUT2D eigenvalue weighted by Gasteiger charge is 2.15. The number of sulfonamides is 1. The summed E-state index contributed by atoms with van der Waals surface area (Å²) in [5.41, 5.74) is 6.06. The molecular weight excluding hydrogens is 266 g/mol. The minimum Gasteiger partial charge on any atom is -0.495 e. The van der Waals surface area contributed by atoms with Crippen molar-refractivity contribution in [3.63, 3.8) is 0 Å². The molecule has 0 bridgehead atoms. The number of hydrogen-bond donors (Lipinski definition) is 2. The van der Waals surface area contributed by atoms with Crippen molar-refractivity contribution >= 4 is 15.7 Å². The van der Waals surface area contributed by atoms with Gasteiger partial charge in [-0.3, -0.25) is 0 Å². The summed E-state index contributed by atoms with van der Waals surface area (Å²) in [7, 11) is -0.145. The van der Waals surface area contributed by atoms with E-state index in [0.717, 1.165) is 6.54 Å². The number of methoxy groups -OCH3 is 1. The molecule has 1 aromatic carbocycles. The van der Waals surface area contributed by atoms with Gasteiger partial charge in [0.05, 0.1) is 17.7 Å². The van der Waals surface area contributed by atoms with Gasteiger partial charge in [0.1, 0.15) is 5.75 Å². The molecule has 0 saturated heterocycles. The van der Waals surface area contributed by atoms with Crippen molar-refractivity contribution in [1.29, 1.82) is 0 Å². The average Bonchev–Trinajstić information content (AvgIpc) is 2.38. The Balaban J connectivity index is 2.77. The third kappa shape index (κ3) is 4.38. The van der Waals surface area contributed by atoms with Crippen LogP contribution in [0.2, 0.25) is 0 Å². The quantitative estimate of drug-likeness (QED) is 0.714. The molecule has 0 aliphatic heterocycles. The largest absolute Gasteiger partial charge is 0.495 e. The van der Waals surface area contributed by atoms with Gasteiger partial charge in [0.2, 0.25) is 10.0 Å². The van der Waals surface area contributed by atoms with Crippen molar-refractivity contribution in [2.75, 3.05) is 39.5 Å². The second kappa shape index (κ2) is 6.74. The van der Waals surface area contributed by atoms with Crippen LogP contribution in [0.5, 0.6) is 5.75 Å². The molecule has 108 valence electrons. The summed E-state index contributed by atoms with van der Waals surface area (Å²) < 4.78 is 31.7. The van der Waals surface area contributed by atoms with Crippen molar-refractivity contribution < 1.29 is 13.2 Å². The molecule has 0 aliphatic carbocycles. The Kier molecular flexibility index (Phi) is 5.59. The molecule has 7 heteroatoms. The van der Waals surface area contributed by atoms with Gasteiger partial charge in [0.25, 0.3) is 0 Å². The summed E-state index contributed by atoms with van der Waals surface area (Å²) >= 11 is 0. The monoisotopic (exact) mass is 287 g/mol. The van der Waals surface area contributed by atoms with Crippen LogP contribution in [0.15, 0.2) is 23.1 Å². The molecule has 0 fully saturated rings. The minimum atomic E-state index is -3.53. The first-order valence-electron chi connectivity index (χ1n) is 6.02. The maximum absolute atomic E-state index is 12.1. The zero-order valence-electron chi connectivity index (χ0n) is 11.5. The fraction of sp³-hybridized carbons (Fsp3) is 0.500. The fourth-order valence-electron chi connectivity index (χ4n) is 1.47. The maximum atomic E-state index is 12.1. The van der Waals surface area contributed by atoms with E-state index in [2.05, 4.69) is 4.72 Å². The third-order valence-electron chi connectivity index (χ3n) is 2.84. The summed E-state index contributed by atoms with van der Waals surface area (Å²) in [6.45, 7) is 3.90. The maximum Gasteiger partial charge on any atom is 0.240 e. The molecule has 0 atom stereocenters. The Morgan fingerprint density at radius 2 is 2.11 bits per heavy atom. The average molecular weight is 287 g/mol. The molecule has 0 aromatic heterocycles. The normalized spacial score (nSPS) is 11.8. The molecule has 6 nitrogen and oxygen atoms in total. The van der Waals surface area contributed by atoms with Gasteiger partial charge in [-0.15, -0.1) is 0 Å². The van der Waals surface area contributed by atoms with Crippen LogP contribution in [0.4, 0.5) is 5.69 Å². The van der Waals surface area contributed by atoms with Crippen molar-refractivity contribution in [3.8, 4) is 5.75 Å². The van der Waals surface area contributed by atoms with E-state index < -0.39 is 10.0 Å². The van der Waals surface area contributed by atoms with Gasteiger partial charge in [0.15, 0.2) is 0 Å². The van der Waals surface area contributed by atoms with E-state index in [9.17, 15) is 8.42 Å². The molecule has 0 aliphatic rings. The molecule has 0 unspecified atom stereocenters. The van der Waals surface area contributed by atoms with E-state index in [0.29, 0.717) is 24.5 Å². The first kappa shape index (κ1) is 15.7. The van der Waals surface area contributed by atoms with Crippen LogP contribution in [0.1, 0.15) is 6.92 Å². The van der Waals surface area contributed by atoms with E-state index in [1.807, 2.05) is 18.9 Å². The smallest absolute Gasteiger partial charge is 0.240 e. The standard InChI is InChI=1S/C12H21N3O3S/c1-4-15(2)8-7-14-19(16,17)10-5-6-11(13)12(9-10)18-3/h5-6,9,14H,4,7-8,13H2,1-3H3. The molecule has 0 saturated carbocycles. The van der Waals surface area contributed by atoms with Gasteiger partial charge in [-0.1, -0.05) is 6.92 Å². The van der Waals surface area contributed by atoms with Gasteiger partial charge >= 0.3 is 0 Å². The molecule has 0 amide bonds. The molecule has 0 heterocycles. The third-order valence-corrected chi connectivity index (χ3v) is 4.30. The number of nitrogens with one attached hydrogen (secondary N) is 1. The second-order valence-corrected chi connectivity index (χ2v) is 5.96. The Hall–Kier alpha value is -1.31. The molecule has 19 heavy (non-hydrogen) atoms. The summed E-state index contributed by atoms with van der Waals surface area (Å²) in [6, 6.07) is 4.40. The molecule has 0 radical (unpaired) electrons. The van der Waals surface area contributed by atoms with E-state index in [1.165, 1.54) is 25.3 Å². The minimum absolute atomic E-state index is 0.151. The summed E-state index contributed by atoms with van der Waals surface area (Å²) in [5, 5.41) is 0. The molecular formula is C12H21N3O3S. The number of anilines is 1. The number of rotatable bonds is 7. The van der Waals surface area contributed by atoms with Crippen LogP contribution in [0, 0.1) is 0 Å². The van der Waals surface area contributed by atoms with E-state index in [4.69, 9.17) is 10.5 Å². The molecule has 0 spiro atoms. The Morgan fingerprint density at radius 1 is 1.42 bits per heavy atom. The fourth-order valence-corrected chi connectivity index (χ4v) is 2.51. The number of nitrogen functional groups attached to an aromatic ring is 1. The van der Waals surface area contributed by atoms with Crippen molar-refractivity contribution in [2.45, 2.75) is 11.8 Å². The van der Waals surface area contributed by atoms with Crippen molar-refractivity contribution in [2.24, 2.45) is 0 Å². The lowest BCUT2D eigenvalue weighted by Crippen LogP contribution is -2.32. The zero-order chi connectivity index (χ0) is 14.5. The Morgan fingerprint density at radius 3 is 2.68 bits per heavy atom. The Labute approximate surface area is 114 Å². The topological polar surface area (TPSA) is 84.7 Å². The van der Waals surface area contributed by atoms with E-state index in [1.54, 1.807) is 0 Å². The van der Waals surface area contributed by atoms with Crippen LogP contribution in [-0.2, 0) is 10.0 Å². The highest BCUT2D eigenvalue weighted by molar-refractivity contribution is 7.89. The lowest BCUT2D eigenvalue weighted by Gasteiger charge is -2.14. The van der Waals surface area contributed by atoms with Crippen molar-refractivity contribution in [1.82, 2.24) is 9.62 Å². The SMILES string of the molecule is CCN(C)CCNS(=O)(=O)c1ccc(N)c(OC)c1. The molecule has 1 aromatic rings. The lowest BCUT2D eigenvalue weighted by molar-refractivity contribution is 0.358. The predicted octanol–water partition coefficient (Wildman–Crippen LogP) is 0.507. The number of likely N-dealkylation sites (N-methyl/N-ethyl adjacent to an activating group) is 1. The highest BCUT2D eigenvalue weighted by Crippen LogP contribution is 2.24. The van der Waals surface area contributed by atoms with Crippen LogP contribution in [-0.4, -0.2) is 47.1 Å². The number of nitrogens with zero attached hydrogens (tertiary/aromatic N) is 1. The second-order valence-electron chi connectivity index (χ2n) is 4.20. The van der Waals surface area contributed by atoms with Gasteiger partial charge in [-0.2, -0.15) is 0 Å². The van der Waals surface area contributed by atoms with Gasteiger partial charge in [-0.25, -0.2) is 13.1 Å². The zero-order valence-corrected chi connectivity index (χ0v) is 12.3. The number of ether oxygens (including phenoxy) is 1. The van der Waals surface area contributed by atoms with E-state index in [-0.39, 0.29) is 4.90 Å². The van der Waals surface area contributed by atoms with Crippen LogP contribution in [0.25, 0.3) is 0 Å². The predicted molar refractivity (Wildman–Crippen MR) is 75.8 cm³/mol. The Bertz CT molecular complexity index is 517. The number of benzene rings is 1. The van der Waals surface area contributed by atoms with Gasteiger partial charge in [0, 0.05) is 19.2 Å². The molecule has 3 N–H and O–H groups in total. The summed E-state index contributed by atoms with van der Waals surface area (Å²) in [4.78, 5) is 2.17. The van der Waals surface area contributed by atoms with Gasteiger partial charge in [-0.05, 0) is 25.7 Å². The lowest BCUT2D eigenvalue weighted by atomic mass is 10.3.